The molecule has 0 unspecified atom stereocenters. The number of hydrogen-bond donors (Lipinski definition) is 0. The Morgan fingerprint density at radius 2 is 1.76 bits per heavy atom. The number of amides is 2. The van der Waals surface area contributed by atoms with Crippen molar-refractivity contribution < 1.29 is 19.1 Å². The number of methoxy groups -OCH3 is 1. The largest absolute Gasteiger partial charge is 0.493 e. The van der Waals surface area contributed by atoms with Crippen molar-refractivity contribution in [1.29, 1.82) is 0 Å². The minimum atomic E-state index is -0.0558. The van der Waals surface area contributed by atoms with Crippen LogP contribution < -0.4 is 9.47 Å². The SMILES string of the molecule is CC=Cc1ccc(OCC(=O)N2CCCN(C(=O)C3CCCC3)CC2)c(OC)c1. The lowest BCUT2D eigenvalue weighted by molar-refractivity contribution is -0.136. The van der Waals surface area contributed by atoms with Crippen molar-refractivity contribution in [2.75, 3.05) is 39.9 Å². The summed E-state index contributed by atoms with van der Waals surface area (Å²) in [5.41, 5.74) is 1.02. The number of rotatable bonds is 6. The number of benzene rings is 1. The molecular weight excluding hydrogens is 368 g/mol. The lowest BCUT2D eigenvalue weighted by Gasteiger charge is -2.24. The van der Waals surface area contributed by atoms with Crippen molar-refractivity contribution in [3.8, 4) is 11.5 Å². The Balaban J connectivity index is 1.52. The van der Waals surface area contributed by atoms with Crippen molar-refractivity contribution in [3.05, 3.63) is 29.8 Å². The summed E-state index contributed by atoms with van der Waals surface area (Å²) in [5.74, 6) is 1.58. The molecule has 0 radical (unpaired) electrons. The quantitative estimate of drug-likeness (QED) is 0.735. The number of ether oxygens (including phenoxy) is 2. The van der Waals surface area contributed by atoms with Crippen molar-refractivity contribution in [3.63, 3.8) is 0 Å². The molecule has 1 aliphatic heterocycles. The summed E-state index contributed by atoms with van der Waals surface area (Å²) in [5, 5.41) is 0. The van der Waals surface area contributed by atoms with E-state index in [2.05, 4.69) is 0 Å². The van der Waals surface area contributed by atoms with Gasteiger partial charge in [0, 0.05) is 32.1 Å². The molecule has 3 rings (SSSR count). The van der Waals surface area contributed by atoms with Crippen molar-refractivity contribution in [2.24, 2.45) is 5.92 Å². The summed E-state index contributed by atoms with van der Waals surface area (Å²) in [7, 11) is 1.59. The van der Waals surface area contributed by atoms with E-state index in [1.165, 1.54) is 0 Å². The highest BCUT2D eigenvalue weighted by atomic mass is 16.5. The van der Waals surface area contributed by atoms with Crippen LogP contribution in [0.1, 0.15) is 44.6 Å². The molecule has 6 nitrogen and oxygen atoms in total. The molecule has 1 aromatic carbocycles. The van der Waals surface area contributed by atoms with E-state index < -0.39 is 0 Å². The van der Waals surface area contributed by atoms with Gasteiger partial charge in [0.1, 0.15) is 0 Å². The Morgan fingerprint density at radius 3 is 2.48 bits per heavy atom. The third-order valence-corrected chi connectivity index (χ3v) is 5.76. The Morgan fingerprint density at radius 1 is 1.03 bits per heavy atom. The first-order chi connectivity index (χ1) is 14.1. The van der Waals surface area contributed by atoms with Gasteiger partial charge in [0.25, 0.3) is 5.91 Å². The Labute approximate surface area is 173 Å². The average Bonchev–Trinajstić information content (AvgIpc) is 3.16. The van der Waals surface area contributed by atoms with Gasteiger partial charge in [0.2, 0.25) is 5.91 Å². The zero-order valence-electron chi connectivity index (χ0n) is 17.6. The molecule has 0 N–H and O–H groups in total. The van der Waals surface area contributed by atoms with E-state index in [4.69, 9.17) is 9.47 Å². The van der Waals surface area contributed by atoms with Crippen LogP contribution in [0, 0.1) is 5.92 Å². The average molecular weight is 401 g/mol. The van der Waals surface area contributed by atoms with E-state index in [-0.39, 0.29) is 24.3 Å². The van der Waals surface area contributed by atoms with Gasteiger partial charge in [-0.25, -0.2) is 0 Å². The van der Waals surface area contributed by atoms with Crippen LogP contribution in [0.25, 0.3) is 6.08 Å². The molecule has 0 aromatic heterocycles. The molecule has 158 valence electrons. The van der Waals surface area contributed by atoms with Crippen LogP contribution in [0.2, 0.25) is 0 Å². The van der Waals surface area contributed by atoms with Crippen LogP contribution in [0.3, 0.4) is 0 Å². The van der Waals surface area contributed by atoms with Crippen molar-refractivity contribution >= 4 is 17.9 Å². The van der Waals surface area contributed by atoms with Gasteiger partial charge in [0.05, 0.1) is 7.11 Å². The van der Waals surface area contributed by atoms with Crippen LogP contribution in [0.5, 0.6) is 11.5 Å². The number of carbonyl (C=O) groups excluding carboxylic acids is 2. The number of nitrogens with zero attached hydrogens (tertiary/aromatic N) is 2. The smallest absolute Gasteiger partial charge is 0.260 e. The third kappa shape index (κ3) is 5.52. The standard InChI is InChI=1S/C23H32N2O4/c1-3-7-18-10-11-20(21(16-18)28-2)29-17-22(26)24-12-6-13-25(15-14-24)23(27)19-8-4-5-9-19/h3,7,10-11,16,19H,4-6,8-9,12-15,17H2,1-2H3. The Bertz CT molecular complexity index is 740. The van der Waals surface area contributed by atoms with Crippen molar-refractivity contribution in [2.45, 2.75) is 39.0 Å². The third-order valence-electron chi connectivity index (χ3n) is 5.76. The van der Waals surface area contributed by atoms with Crippen LogP contribution in [-0.4, -0.2) is 61.5 Å². The van der Waals surface area contributed by atoms with Gasteiger partial charge in [-0.2, -0.15) is 0 Å². The molecule has 1 heterocycles. The summed E-state index contributed by atoms with van der Waals surface area (Å²) >= 11 is 0. The van der Waals surface area contributed by atoms with Crippen LogP contribution >= 0.6 is 0 Å². The molecule has 1 aliphatic carbocycles. The summed E-state index contributed by atoms with van der Waals surface area (Å²) in [6.45, 7) is 4.50. The monoisotopic (exact) mass is 400 g/mol. The predicted octanol–water partition coefficient (Wildman–Crippen LogP) is 3.36. The van der Waals surface area contributed by atoms with E-state index in [9.17, 15) is 9.59 Å². The molecular formula is C23H32N2O4. The molecule has 0 spiro atoms. The first-order valence-electron chi connectivity index (χ1n) is 10.6. The minimum Gasteiger partial charge on any atom is -0.493 e. The van der Waals surface area contributed by atoms with Crippen LogP contribution in [-0.2, 0) is 9.59 Å². The maximum absolute atomic E-state index is 12.7. The zero-order chi connectivity index (χ0) is 20.6. The molecule has 29 heavy (non-hydrogen) atoms. The summed E-state index contributed by atoms with van der Waals surface area (Å²) < 4.78 is 11.1. The fourth-order valence-corrected chi connectivity index (χ4v) is 4.15. The second-order valence-electron chi connectivity index (χ2n) is 7.74. The molecule has 2 aliphatic rings. The van der Waals surface area contributed by atoms with Crippen LogP contribution in [0.15, 0.2) is 24.3 Å². The van der Waals surface area contributed by atoms with Crippen LogP contribution in [0.4, 0.5) is 0 Å². The lowest BCUT2D eigenvalue weighted by atomic mass is 10.1. The molecule has 1 saturated heterocycles. The number of allylic oxidation sites excluding steroid dienone is 1. The van der Waals surface area contributed by atoms with E-state index in [1.807, 2.05) is 47.1 Å². The molecule has 2 amide bonds. The van der Waals surface area contributed by atoms with E-state index in [1.54, 1.807) is 7.11 Å². The normalized spacial score (nSPS) is 18.1. The summed E-state index contributed by atoms with van der Waals surface area (Å²) in [4.78, 5) is 29.1. The lowest BCUT2D eigenvalue weighted by Crippen LogP contribution is -2.40. The number of carbonyl (C=O) groups is 2. The van der Waals surface area contributed by atoms with Gasteiger partial charge >= 0.3 is 0 Å². The maximum atomic E-state index is 12.7. The van der Waals surface area contributed by atoms with E-state index in [0.717, 1.165) is 44.2 Å². The van der Waals surface area contributed by atoms with Gasteiger partial charge in [-0.15, -0.1) is 0 Å². The molecule has 0 atom stereocenters. The summed E-state index contributed by atoms with van der Waals surface area (Å²) in [6.07, 6.45) is 9.09. The first-order valence-corrected chi connectivity index (χ1v) is 10.6. The summed E-state index contributed by atoms with van der Waals surface area (Å²) in [6, 6.07) is 5.64. The fraction of sp³-hybridized carbons (Fsp3) is 0.565. The Kier molecular flexibility index (Phi) is 7.55. The maximum Gasteiger partial charge on any atom is 0.260 e. The van der Waals surface area contributed by atoms with Gasteiger partial charge in [0.15, 0.2) is 18.1 Å². The predicted molar refractivity (Wildman–Crippen MR) is 113 cm³/mol. The van der Waals surface area contributed by atoms with E-state index >= 15 is 0 Å². The second-order valence-corrected chi connectivity index (χ2v) is 7.74. The van der Waals surface area contributed by atoms with Gasteiger partial charge in [-0.3, -0.25) is 9.59 Å². The topological polar surface area (TPSA) is 59.1 Å². The molecule has 1 aromatic rings. The van der Waals surface area contributed by atoms with E-state index in [0.29, 0.717) is 31.1 Å². The molecule has 1 saturated carbocycles. The van der Waals surface area contributed by atoms with Gasteiger partial charge in [-0.1, -0.05) is 31.1 Å². The highest BCUT2D eigenvalue weighted by Crippen LogP contribution is 2.29. The second kappa shape index (κ2) is 10.3. The van der Waals surface area contributed by atoms with Crippen molar-refractivity contribution in [1.82, 2.24) is 9.80 Å². The molecule has 0 bridgehead atoms. The molecule has 2 fully saturated rings. The van der Waals surface area contributed by atoms with Gasteiger partial charge in [-0.05, 0) is 43.9 Å². The number of hydrogen-bond acceptors (Lipinski definition) is 4. The fourth-order valence-electron chi connectivity index (χ4n) is 4.15. The Hall–Kier alpha value is -2.50. The highest BCUT2D eigenvalue weighted by Gasteiger charge is 2.29. The highest BCUT2D eigenvalue weighted by molar-refractivity contribution is 5.80. The van der Waals surface area contributed by atoms with Gasteiger partial charge < -0.3 is 19.3 Å². The first kappa shape index (κ1) is 21.2. The molecule has 6 heteroatoms. The minimum absolute atomic E-state index is 0.0319. The zero-order valence-corrected chi connectivity index (χ0v) is 17.6.